The number of methoxy groups -OCH3 is 1. The number of benzene rings is 3. The van der Waals surface area contributed by atoms with Gasteiger partial charge < -0.3 is 15.2 Å². The molecular formula is C26H26N3O2+. The van der Waals surface area contributed by atoms with E-state index in [-0.39, 0.29) is 5.92 Å². The molecule has 1 aliphatic rings. The van der Waals surface area contributed by atoms with Crippen LogP contribution in [0.4, 0.5) is 5.82 Å². The number of aryl methyl sites for hydroxylation is 1. The van der Waals surface area contributed by atoms with Gasteiger partial charge in [0, 0.05) is 10.9 Å². The van der Waals surface area contributed by atoms with Crippen LogP contribution in [0.3, 0.4) is 0 Å². The van der Waals surface area contributed by atoms with Crippen LogP contribution in [-0.2, 0) is 6.54 Å². The Hall–Kier alpha value is -3.60. The molecule has 1 atom stereocenters. The van der Waals surface area contributed by atoms with Gasteiger partial charge in [0.15, 0.2) is 0 Å². The van der Waals surface area contributed by atoms with Crippen molar-refractivity contribution in [2.75, 3.05) is 12.8 Å². The molecule has 4 aromatic rings. The van der Waals surface area contributed by atoms with Gasteiger partial charge in [0.1, 0.15) is 17.1 Å². The zero-order chi connectivity index (χ0) is 21.4. The van der Waals surface area contributed by atoms with Crippen molar-refractivity contribution in [2.45, 2.75) is 32.2 Å². The molecule has 5 rings (SSSR count). The summed E-state index contributed by atoms with van der Waals surface area (Å²) in [6, 6.07) is 20.7. The van der Waals surface area contributed by atoms with Gasteiger partial charge in [-0.05, 0) is 29.5 Å². The molecule has 2 N–H and O–H groups in total. The number of anilines is 1. The van der Waals surface area contributed by atoms with E-state index in [0.717, 1.165) is 58.3 Å². The van der Waals surface area contributed by atoms with Crippen LogP contribution in [0.2, 0.25) is 0 Å². The van der Waals surface area contributed by atoms with E-state index in [2.05, 4.69) is 48.3 Å². The third-order valence-corrected chi connectivity index (χ3v) is 6.04. The van der Waals surface area contributed by atoms with Crippen LogP contribution < -0.4 is 19.8 Å². The van der Waals surface area contributed by atoms with Crippen molar-refractivity contribution >= 4 is 16.6 Å². The van der Waals surface area contributed by atoms with Crippen molar-refractivity contribution in [3.05, 3.63) is 83.7 Å². The van der Waals surface area contributed by atoms with Gasteiger partial charge in [-0.25, -0.2) is 4.57 Å². The van der Waals surface area contributed by atoms with E-state index in [0.29, 0.717) is 11.7 Å². The summed E-state index contributed by atoms with van der Waals surface area (Å²) in [6.07, 6.45) is 3.94. The highest BCUT2D eigenvalue weighted by Gasteiger charge is 2.36. The molecule has 1 aliphatic heterocycles. The number of ether oxygens (including phenoxy) is 2. The monoisotopic (exact) mass is 412 g/mol. The zero-order valence-corrected chi connectivity index (χ0v) is 17.8. The van der Waals surface area contributed by atoms with E-state index in [4.69, 9.17) is 15.2 Å². The molecule has 5 nitrogen and oxygen atoms in total. The normalized spacial score (nSPS) is 14.6. The number of fused-ring (bicyclic) bond motifs is 4. The van der Waals surface area contributed by atoms with Crippen LogP contribution in [0.15, 0.2) is 67.0 Å². The van der Waals surface area contributed by atoms with Gasteiger partial charge in [0.05, 0.1) is 19.6 Å². The molecule has 0 saturated carbocycles. The van der Waals surface area contributed by atoms with Crippen LogP contribution in [0.25, 0.3) is 10.8 Å². The maximum absolute atomic E-state index is 6.72. The molecule has 3 aromatic carbocycles. The molecule has 0 radical (unpaired) electrons. The average Bonchev–Trinajstić information content (AvgIpc) is 2.82. The molecule has 5 heteroatoms. The van der Waals surface area contributed by atoms with Crippen LogP contribution >= 0.6 is 0 Å². The number of unbranched alkanes of at least 4 members (excludes halogenated alkanes) is 1. The zero-order valence-electron chi connectivity index (χ0n) is 17.8. The minimum absolute atomic E-state index is 0.0733. The Morgan fingerprint density at radius 3 is 2.65 bits per heavy atom. The fourth-order valence-corrected chi connectivity index (χ4v) is 4.37. The number of hydrogen-bond donors (Lipinski definition) is 1. The predicted molar refractivity (Wildman–Crippen MR) is 122 cm³/mol. The molecule has 0 aliphatic carbocycles. The van der Waals surface area contributed by atoms with Crippen LogP contribution in [0.5, 0.6) is 17.4 Å². The standard InChI is InChI=1S/C26H25N3O2/c1-3-4-15-29-16-28-26-23(25(29)27)22(18-9-12-19(30-2)13-10-18)21-14-11-17-7-5-6-8-20(17)24(21)31-26/h5-14,16,22,27H,3-4,15H2,1-2H3/p+1/t22-/m1/s1. The van der Waals surface area contributed by atoms with Crippen LogP contribution in [0, 0.1) is 0 Å². The summed E-state index contributed by atoms with van der Waals surface area (Å²) in [5.41, 5.74) is 9.86. The van der Waals surface area contributed by atoms with E-state index in [1.807, 2.05) is 28.8 Å². The van der Waals surface area contributed by atoms with Crippen molar-refractivity contribution in [1.29, 1.82) is 0 Å². The summed E-state index contributed by atoms with van der Waals surface area (Å²) < 4.78 is 13.8. The largest absolute Gasteiger partial charge is 0.497 e. The van der Waals surface area contributed by atoms with Crippen molar-refractivity contribution in [2.24, 2.45) is 0 Å². The summed E-state index contributed by atoms with van der Waals surface area (Å²) in [5, 5.41) is 2.22. The van der Waals surface area contributed by atoms with Crippen LogP contribution in [0.1, 0.15) is 42.4 Å². The van der Waals surface area contributed by atoms with Crippen molar-refractivity contribution in [1.82, 2.24) is 4.98 Å². The quantitative estimate of drug-likeness (QED) is 0.403. The minimum atomic E-state index is -0.0733. The van der Waals surface area contributed by atoms with E-state index >= 15 is 0 Å². The van der Waals surface area contributed by atoms with Crippen molar-refractivity contribution in [3.63, 3.8) is 0 Å². The van der Waals surface area contributed by atoms with Gasteiger partial charge in [0.25, 0.3) is 0 Å². The Morgan fingerprint density at radius 2 is 1.87 bits per heavy atom. The minimum Gasteiger partial charge on any atom is -0.497 e. The molecule has 0 bridgehead atoms. The molecule has 0 spiro atoms. The first-order valence-corrected chi connectivity index (χ1v) is 10.7. The summed E-state index contributed by atoms with van der Waals surface area (Å²) in [6.45, 7) is 3.01. The fourth-order valence-electron chi connectivity index (χ4n) is 4.37. The van der Waals surface area contributed by atoms with Crippen LogP contribution in [-0.4, -0.2) is 12.1 Å². The summed E-state index contributed by atoms with van der Waals surface area (Å²) in [7, 11) is 1.68. The smallest absolute Gasteiger partial charge is 0.306 e. The molecule has 0 amide bonds. The molecule has 0 saturated heterocycles. The topological polar surface area (TPSA) is 61.2 Å². The third kappa shape index (κ3) is 3.26. The van der Waals surface area contributed by atoms with Gasteiger partial charge in [-0.1, -0.05) is 66.9 Å². The first-order chi connectivity index (χ1) is 15.2. The second-order valence-corrected chi connectivity index (χ2v) is 7.91. The lowest BCUT2D eigenvalue weighted by molar-refractivity contribution is -0.686. The number of hydrogen-bond acceptors (Lipinski definition) is 4. The molecular weight excluding hydrogens is 386 g/mol. The van der Waals surface area contributed by atoms with Crippen molar-refractivity contribution in [3.8, 4) is 17.4 Å². The first-order valence-electron chi connectivity index (χ1n) is 10.7. The lowest BCUT2D eigenvalue weighted by Crippen LogP contribution is -2.39. The lowest BCUT2D eigenvalue weighted by atomic mass is 9.82. The first kappa shape index (κ1) is 19.4. The number of rotatable bonds is 5. The van der Waals surface area contributed by atoms with Gasteiger partial charge in [-0.3, -0.25) is 0 Å². The second-order valence-electron chi connectivity index (χ2n) is 7.91. The molecule has 156 valence electrons. The van der Waals surface area contributed by atoms with Gasteiger partial charge in [0.2, 0.25) is 12.1 Å². The Kier molecular flexibility index (Phi) is 4.94. The van der Waals surface area contributed by atoms with E-state index in [1.54, 1.807) is 13.4 Å². The van der Waals surface area contributed by atoms with E-state index in [9.17, 15) is 0 Å². The Labute approximate surface area is 182 Å². The predicted octanol–water partition coefficient (Wildman–Crippen LogP) is 5.20. The lowest BCUT2D eigenvalue weighted by Gasteiger charge is -2.28. The Balaban J connectivity index is 1.75. The highest BCUT2D eigenvalue weighted by atomic mass is 16.5. The van der Waals surface area contributed by atoms with Crippen molar-refractivity contribution < 1.29 is 14.0 Å². The SMILES string of the molecule is CCCC[n+]1cnc2c(c1N)[C@H](c1ccc(OC)cc1)c1ccc3ccccc3c1O2. The molecule has 1 aromatic heterocycles. The number of nitrogens with two attached hydrogens (primary N) is 1. The molecule has 0 fully saturated rings. The molecule has 2 heterocycles. The number of nitrogen functional groups attached to an aromatic ring is 1. The highest BCUT2D eigenvalue weighted by Crippen LogP contribution is 2.50. The van der Waals surface area contributed by atoms with Gasteiger partial charge in [-0.2, -0.15) is 0 Å². The molecule has 31 heavy (non-hydrogen) atoms. The maximum Gasteiger partial charge on any atom is 0.306 e. The average molecular weight is 413 g/mol. The highest BCUT2D eigenvalue weighted by molar-refractivity contribution is 5.91. The van der Waals surface area contributed by atoms with E-state index in [1.165, 1.54) is 0 Å². The maximum atomic E-state index is 6.72. The Bertz CT molecular complexity index is 1250. The summed E-state index contributed by atoms with van der Waals surface area (Å²) in [5.74, 6) is 2.89. The number of aromatic nitrogens is 2. The summed E-state index contributed by atoms with van der Waals surface area (Å²) in [4.78, 5) is 4.68. The second kappa shape index (κ2) is 7.91. The fraction of sp³-hybridized carbons (Fsp3) is 0.231. The Morgan fingerprint density at radius 1 is 1.06 bits per heavy atom. The molecule has 0 unspecified atom stereocenters. The number of nitrogens with zero attached hydrogens (tertiary/aromatic N) is 2. The van der Waals surface area contributed by atoms with Gasteiger partial charge in [-0.15, -0.1) is 0 Å². The third-order valence-electron chi connectivity index (χ3n) is 6.04. The summed E-state index contributed by atoms with van der Waals surface area (Å²) >= 11 is 0. The van der Waals surface area contributed by atoms with E-state index < -0.39 is 0 Å². The van der Waals surface area contributed by atoms with Gasteiger partial charge >= 0.3 is 5.88 Å².